The number of halogens is 1. The molecule has 1 atom stereocenters. The van der Waals surface area contributed by atoms with Crippen LogP contribution >= 0.6 is 11.6 Å². The van der Waals surface area contributed by atoms with Crippen LogP contribution in [0.25, 0.3) is 0 Å². The predicted molar refractivity (Wildman–Crippen MR) is 81.7 cm³/mol. The fourth-order valence-corrected chi connectivity index (χ4v) is 2.57. The van der Waals surface area contributed by atoms with E-state index < -0.39 is 6.10 Å². The van der Waals surface area contributed by atoms with E-state index in [2.05, 4.69) is 4.90 Å². The second-order valence-corrected chi connectivity index (χ2v) is 5.70. The molecule has 1 amide bonds. The summed E-state index contributed by atoms with van der Waals surface area (Å²) in [5, 5.41) is 10.7. The third kappa shape index (κ3) is 4.97. The van der Waals surface area contributed by atoms with Gasteiger partial charge in [-0.3, -0.25) is 9.69 Å². The molecule has 1 saturated heterocycles. The van der Waals surface area contributed by atoms with Gasteiger partial charge in [0.15, 0.2) is 0 Å². The van der Waals surface area contributed by atoms with Crippen molar-refractivity contribution in [3.63, 3.8) is 0 Å². The van der Waals surface area contributed by atoms with Gasteiger partial charge in [-0.25, -0.2) is 0 Å². The molecule has 0 spiro atoms. The molecule has 116 valence electrons. The van der Waals surface area contributed by atoms with Crippen LogP contribution in [-0.4, -0.2) is 73.4 Å². The summed E-state index contributed by atoms with van der Waals surface area (Å²) in [6, 6.07) is 6.83. The zero-order chi connectivity index (χ0) is 15.2. The topological polar surface area (TPSA) is 53.0 Å². The first kappa shape index (κ1) is 16.2. The second kappa shape index (κ2) is 7.75. The molecule has 0 saturated carbocycles. The molecule has 0 aromatic heterocycles. The molecule has 1 fully saturated rings. The molecule has 1 aliphatic rings. The van der Waals surface area contributed by atoms with Crippen molar-refractivity contribution in [3.8, 4) is 0 Å². The first-order chi connectivity index (χ1) is 10.1. The lowest BCUT2D eigenvalue weighted by molar-refractivity contribution is 0.00879. The molecule has 1 heterocycles. The minimum atomic E-state index is -0.573. The summed E-state index contributed by atoms with van der Waals surface area (Å²) in [5.74, 6) is -0.140. The highest BCUT2D eigenvalue weighted by molar-refractivity contribution is 6.30. The number of carbonyl (C=O) groups excluding carboxylic acids is 1. The van der Waals surface area contributed by atoms with E-state index in [-0.39, 0.29) is 5.91 Å². The number of carbonyl (C=O) groups is 1. The largest absolute Gasteiger partial charge is 0.390 e. The van der Waals surface area contributed by atoms with Crippen LogP contribution in [0.3, 0.4) is 0 Å². The Bertz CT molecular complexity index is 478. The Morgan fingerprint density at radius 1 is 1.48 bits per heavy atom. The number of hydrogen-bond acceptors (Lipinski definition) is 4. The van der Waals surface area contributed by atoms with Crippen LogP contribution < -0.4 is 0 Å². The molecule has 1 N–H and O–H groups in total. The van der Waals surface area contributed by atoms with E-state index in [1.54, 1.807) is 31.3 Å². The Morgan fingerprint density at radius 2 is 2.19 bits per heavy atom. The summed E-state index contributed by atoms with van der Waals surface area (Å²) in [5.41, 5.74) is 0.531. The summed E-state index contributed by atoms with van der Waals surface area (Å²) >= 11 is 5.89. The molecule has 1 unspecified atom stereocenters. The standard InChI is InChI=1S/C15H21ClN2O3/c1-17(15(20)12-3-2-4-13(16)9-12)10-14(19)11-18-5-7-21-8-6-18/h2-4,9,14,19H,5-8,10-11H2,1H3. The monoisotopic (exact) mass is 312 g/mol. The van der Waals surface area contributed by atoms with E-state index in [9.17, 15) is 9.90 Å². The molecular formula is C15H21ClN2O3. The van der Waals surface area contributed by atoms with Gasteiger partial charge in [0.2, 0.25) is 0 Å². The van der Waals surface area contributed by atoms with E-state index in [1.807, 2.05) is 0 Å². The molecule has 0 radical (unpaired) electrons. The predicted octanol–water partition coefficient (Wildman–Crippen LogP) is 1.11. The molecule has 6 heteroatoms. The van der Waals surface area contributed by atoms with Gasteiger partial charge in [-0.1, -0.05) is 17.7 Å². The van der Waals surface area contributed by atoms with Crippen LogP contribution in [0.4, 0.5) is 0 Å². The number of rotatable bonds is 5. The molecule has 1 aliphatic heterocycles. The summed E-state index contributed by atoms with van der Waals surface area (Å²) < 4.78 is 5.27. The Morgan fingerprint density at radius 3 is 2.86 bits per heavy atom. The van der Waals surface area contributed by atoms with Crippen LogP contribution in [0.5, 0.6) is 0 Å². The van der Waals surface area contributed by atoms with Crippen molar-refractivity contribution in [2.24, 2.45) is 0 Å². The third-order valence-electron chi connectivity index (χ3n) is 3.48. The van der Waals surface area contributed by atoms with Gasteiger partial charge in [0.05, 0.1) is 19.3 Å². The molecule has 0 aliphatic carbocycles. The summed E-state index contributed by atoms with van der Waals surface area (Å²) in [6.07, 6.45) is -0.573. The van der Waals surface area contributed by atoms with Crippen molar-refractivity contribution in [1.29, 1.82) is 0 Å². The fraction of sp³-hybridized carbons (Fsp3) is 0.533. The van der Waals surface area contributed by atoms with Crippen LogP contribution in [0, 0.1) is 0 Å². The van der Waals surface area contributed by atoms with Crippen molar-refractivity contribution >= 4 is 17.5 Å². The highest BCUT2D eigenvalue weighted by Gasteiger charge is 2.19. The molecular weight excluding hydrogens is 292 g/mol. The van der Waals surface area contributed by atoms with Crippen LogP contribution in [0.1, 0.15) is 10.4 Å². The second-order valence-electron chi connectivity index (χ2n) is 5.26. The maximum Gasteiger partial charge on any atom is 0.253 e. The third-order valence-corrected chi connectivity index (χ3v) is 3.71. The molecule has 21 heavy (non-hydrogen) atoms. The number of β-amino-alcohol motifs (C(OH)–C–C–N with tert-alkyl or cyclic N) is 1. The van der Waals surface area contributed by atoms with Crippen molar-refractivity contribution in [2.75, 3.05) is 46.4 Å². The van der Waals surface area contributed by atoms with Gasteiger partial charge in [-0.05, 0) is 18.2 Å². The molecule has 2 rings (SSSR count). The minimum absolute atomic E-state index is 0.140. The van der Waals surface area contributed by atoms with Gasteiger partial charge in [-0.15, -0.1) is 0 Å². The van der Waals surface area contributed by atoms with E-state index in [0.29, 0.717) is 36.9 Å². The number of nitrogens with zero attached hydrogens (tertiary/aromatic N) is 2. The van der Waals surface area contributed by atoms with Gasteiger partial charge in [-0.2, -0.15) is 0 Å². The van der Waals surface area contributed by atoms with Crippen molar-refractivity contribution in [2.45, 2.75) is 6.10 Å². The summed E-state index contributed by atoms with van der Waals surface area (Å²) in [7, 11) is 1.69. The zero-order valence-electron chi connectivity index (χ0n) is 12.2. The first-order valence-corrected chi connectivity index (χ1v) is 7.43. The Hall–Kier alpha value is -1.14. The molecule has 0 bridgehead atoms. The number of likely N-dealkylation sites (N-methyl/N-ethyl adjacent to an activating group) is 1. The number of ether oxygens (including phenoxy) is 1. The van der Waals surface area contributed by atoms with E-state index in [4.69, 9.17) is 16.3 Å². The number of benzene rings is 1. The van der Waals surface area contributed by atoms with Gasteiger partial charge >= 0.3 is 0 Å². The van der Waals surface area contributed by atoms with E-state index in [0.717, 1.165) is 13.1 Å². The summed E-state index contributed by atoms with van der Waals surface area (Å²) in [4.78, 5) is 15.9. The van der Waals surface area contributed by atoms with Crippen molar-refractivity contribution < 1.29 is 14.6 Å². The minimum Gasteiger partial charge on any atom is -0.390 e. The first-order valence-electron chi connectivity index (χ1n) is 7.05. The van der Waals surface area contributed by atoms with Gasteiger partial charge in [0.25, 0.3) is 5.91 Å². The number of morpholine rings is 1. The lowest BCUT2D eigenvalue weighted by Gasteiger charge is -2.30. The Kier molecular flexibility index (Phi) is 5.99. The fourth-order valence-electron chi connectivity index (χ4n) is 2.38. The average molecular weight is 313 g/mol. The van der Waals surface area contributed by atoms with E-state index in [1.165, 1.54) is 4.90 Å². The Labute approximate surface area is 130 Å². The average Bonchev–Trinajstić information content (AvgIpc) is 2.47. The molecule has 1 aromatic rings. The Balaban J connectivity index is 1.85. The number of aliphatic hydroxyl groups excluding tert-OH is 1. The highest BCUT2D eigenvalue weighted by atomic mass is 35.5. The smallest absolute Gasteiger partial charge is 0.253 e. The van der Waals surface area contributed by atoms with Gasteiger partial charge < -0.3 is 14.7 Å². The molecule has 5 nitrogen and oxygen atoms in total. The van der Waals surface area contributed by atoms with Crippen molar-refractivity contribution in [3.05, 3.63) is 34.9 Å². The van der Waals surface area contributed by atoms with Crippen molar-refractivity contribution in [1.82, 2.24) is 9.80 Å². The SMILES string of the molecule is CN(CC(O)CN1CCOCC1)C(=O)c1cccc(Cl)c1. The van der Waals surface area contributed by atoms with E-state index >= 15 is 0 Å². The number of aliphatic hydroxyl groups is 1. The highest BCUT2D eigenvalue weighted by Crippen LogP contribution is 2.12. The lowest BCUT2D eigenvalue weighted by atomic mass is 10.2. The maximum absolute atomic E-state index is 12.2. The summed E-state index contributed by atoms with van der Waals surface area (Å²) in [6.45, 7) is 3.89. The maximum atomic E-state index is 12.2. The number of amides is 1. The quantitative estimate of drug-likeness (QED) is 0.885. The van der Waals surface area contributed by atoms with Gasteiger partial charge in [0.1, 0.15) is 0 Å². The van der Waals surface area contributed by atoms with Crippen LogP contribution in [0.2, 0.25) is 5.02 Å². The number of hydrogen-bond donors (Lipinski definition) is 1. The van der Waals surface area contributed by atoms with Crippen LogP contribution in [0.15, 0.2) is 24.3 Å². The van der Waals surface area contributed by atoms with Gasteiger partial charge in [0, 0.05) is 43.8 Å². The zero-order valence-corrected chi connectivity index (χ0v) is 12.9. The normalized spacial score (nSPS) is 17.5. The lowest BCUT2D eigenvalue weighted by Crippen LogP contribution is -2.45. The molecule has 1 aromatic carbocycles. The van der Waals surface area contributed by atoms with Crippen LogP contribution in [-0.2, 0) is 4.74 Å².